The van der Waals surface area contributed by atoms with Crippen LogP contribution in [-0.2, 0) is 10.8 Å². The number of carbonyl (C=O) groups excluding carboxylic acids is 1. The van der Waals surface area contributed by atoms with E-state index in [0.29, 0.717) is 11.5 Å². The molecule has 0 aromatic heterocycles. The summed E-state index contributed by atoms with van der Waals surface area (Å²) in [7, 11) is -1.08. The van der Waals surface area contributed by atoms with Crippen LogP contribution in [0.4, 0.5) is 0 Å². The molecule has 0 amide bonds. The predicted molar refractivity (Wildman–Crippen MR) is 68.1 cm³/mol. The average Bonchev–Trinajstić information content (AvgIpc) is 2.28. The van der Waals surface area contributed by atoms with Crippen molar-refractivity contribution in [2.45, 2.75) is 26.0 Å². The standard InChI is InChI=1S/C13H18O2S/c1-10(2)11(3)16(15)9-13(14)12-7-5-4-6-8-12/h4-8,10-11H,9H2,1-3H3. The summed E-state index contributed by atoms with van der Waals surface area (Å²) in [5, 5.41) is 0.0627. The zero-order valence-corrected chi connectivity index (χ0v) is 10.8. The minimum Gasteiger partial charge on any atom is -0.293 e. The molecule has 0 N–H and O–H groups in total. The van der Waals surface area contributed by atoms with E-state index in [-0.39, 0.29) is 16.8 Å². The first kappa shape index (κ1) is 13.1. The number of rotatable bonds is 5. The van der Waals surface area contributed by atoms with Crippen molar-refractivity contribution in [3.63, 3.8) is 0 Å². The molecule has 0 aliphatic rings. The topological polar surface area (TPSA) is 34.1 Å². The molecule has 0 heterocycles. The summed E-state index contributed by atoms with van der Waals surface area (Å²) in [6.07, 6.45) is 0. The Kier molecular flexibility index (Phi) is 4.87. The predicted octanol–water partition coefficient (Wildman–Crippen LogP) is 2.66. The third-order valence-corrected chi connectivity index (χ3v) is 4.64. The molecule has 2 atom stereocenters. The number of benzene rings is 1. The fourth-order valence-electron chi connectivity index (χ4n) is 1.27. The molecule has 0 spiro atoms. The van der Waals surface area contributed by atoms with Crippen molar-refractivity contribution < 1.29 is 9.00 Å². The molecule has 3 heteroatoms. The molecular formula is C13H18O2S. The Bertz CT molecular complexity index is 371. The third kappa shape index (κ3) is 3.56. The zero-order valence-electron chi connectivity index (χ0n) is 9.97. The van der Waals surface area contributed by atoms with Crippen molar-refractivity contribution in [3.8, 4) is 0 Å². The first-order valence-electron chi connectivity index (χ1n) is 5.47. The minimum atomic E-state index is -1.08. The Morgan fingerprint density at radius 2 is 1.75 bits per heavy atom. The van der Waals surface area contributed by atoms with Gasteiger partial charge in [-0.25, -0.2) is 0 Å². The molecule has 88 valence electrons. The lowest BCUT2D eigenvalue weighted by atomic mass is 10.1. The Labute approximate surface area is 99.5 Å². The van der Waals surface area contributed by atoms with Gasteiger partial charge in [-0.2, -0.15) is 0 Å². The monoisotopic (exact) mass is 238 g/mol. The van der Waals surface area contributed by atoms with Gasteiger partial charge in [0.15, 0.2) is 5.78 Å². The molecule has 0 saturated heterocycles. The van der Waals surface area contributed by atoms with Gasteiger partial charge in [0, 0.05) is 21.6 Å². The van der Waals surface area contributed by atoms with Gasteiger partial charge in [-0.05, 0) is 5.92 Å². The number of hydrogen-bond donors (Lipinski definition) is 0. The van der Waals surface area contributed by atoms with E-state index in [1.807, 2.05) is 39.0 Å². The molecule has 0 saturated carbocycles. The summed E-state index contributed by atoms with van der Waals surface area (Å²) in [6.45, 7) is 5.98. The third-order valence-electron chi connectivity index (χ3n) is 2.72. The average molecular weight is 238 g/mol. The summed E-state index contributed by atoms with van der Waals surface area (Å²) in [5.41, 5.74) is 0.645. The highest BCUT2D eigenvalue weighted by atomic mass is 32.2. The minimum absolute atomic E-state index is 0.0357. The van der Waals surface area contributed by atoms with Gasteiger partial charge in [0.25, 0.3) is 0 Å². The molecule has 0 aliphatic carbocycles. The highest BCUT2D eigenvalue weighted by Gasteiger charge is 2.18. The fraction of sp³-hybridized carbons (Fsp3) is 0.462. The van der Waals surface area contributed by atoms with E-state index >= 15 is 0 Å². The number of carbonyl (C=O) groups is 1. The molecule has 0 bridgehead atoms. The van der Waals surface area contributed by atoms with Crippen LogP contribution in [0.5, 0.6) is 0 Å². The van der Waals surface area contributed by atoms with Gasteiger partial charge in [0.2, 0.25) is 0 Å². The molecule has 2 unspecified atom stereocenters. The Balaban J connectivity index is 2.62. The van der Waals surface area contributed by atoms with Crippen molar-refractivity contribution in [1.29, 1.82) is 0 Å². The van der Waals surface area contributed by atoms with Crippen LogP contribution in [0, 0.1) is 5.92 Å². The second-order valence-electron chi connectivity index (χ2n) is 4.26. The van der Waals surface area contributed by atoms with Crippen molar-refractivity contribution in [1.82, 2.24) is 0 Å². The Morgan fingerprint density at radius 3 is 2.25 bits per heavy atom. The summed E-state index contributed by atoms with van der Waals surface area (Å²) < 4.78 is 11.9. The molecule has 0 fully saturated rings. The van der Waals surface area contributed by atoms with Gasteiger partial charge in [-0.1, -0.05) is 51.1 Å². The molecule has 0 radical (unpaired) electrons. The van der Waals surface area contributed by atoms with Crippen molar-refractivity contribution in [2.75, 3.05) is 5.75 Å². The first-order chi connectivity index (χ1) is 7.52. The van der Waals surface area contributed by atoms with E-state index in [1.54, 1.807) is 12.1 Å². The van der Waals surface area contributed by atoms with Gasteiger partial charge in [-0.3, -0.25) is 9.00 Å². The maximum absolute atomic E-state index is 11.9. The van der Waals surface area contributed by atoms with Crippen molar-refractivity contribution in [3.05, 3.63) is 35.9 Å². The van der Waals surface area contributed by atoms with E-state index in [0.717, 1.165) is 0 Å². The molecule has 16 heavy (non-hydrogen) atoms. The lowest BCUT2D eigenvalue weighted by molar-refractivity contribution is 0.102. The Hall–Kier alpha value is -0.960. The van der Waals surface area contributed by atoms with Crippen molar-refractivity contribution in [2.24, 2.45) is 5.92 Å². The smallest absolute Gasteiger partial charge is 0.175 e. The van der Waals surface area contributed by atoms with E-state index in [4.69, 9.17) is 0 Å². The fourth-order valence-corrected chi connectivity index (χ4v) is 2.57. The normalized spacial score (nSPS) is 14.8. The van der Waals surface area contributed by atoms with Crippen molar-refractivity contribution >= 4 is 16.6 Å². The molecule has 0 aliphatic heterocycles. The first-order valence-corrected chi connectivity index (χ1v) is 6.86. The number of hydrogen-bond acceptors (Lipinski definition) is 2. The number of Topliss-reactive ketones (excluding diaryl/α,β-unsaturated/α-hetero) is 1. The van der Waals surface area contributed by atoms with E-state index < -0.39 is 10.8 Å². The zero-order chi connectivity index (χ0) is 12.1. The van der Waals surface area contributed by atoms with Crippen LogP contribution in [0.25, 0.3) is 0 Å². The van der Waals surface area contributed by atoms with Crippen LogP contribution in [0.1, 0.15) is 31.1 Å². The SMILES string of the molecule is CC(C)C(C)S(=O)CC(=O)c1ccccc1. The second-order valence-corrected chi connectivity index (χ2v) is 6.06. The largest absolute Gasteiger partial charge is 0.293 e. The maximum Gasteiger partial charge on any atom is 0.175 e. The molecule has 1 rings (SSSR count). The summed E-state index contributed by atoms with van der Waals surface area (Å²) in [4.78, 5) is 11.8. The number of ketones is 1. The molecular weight excluding hydrogens is 220 g/mol. The van der Waals surface area contributed by atoms with Gasteiger partial charge in [0.05, 0.1) is 5.75 Å². The van der Waals surface area contributed by atoms with Crippen LogP contribution in [0.2, 0.25) is 0 Å². The molecule has 1 aromatic carbocycles. The van der Waals surface area contributed by atoms with Gasteiger partial charge >= 0.3 is 0 Å². The summed E-state index contributed by atoms with van der Waals surface area (Å²) in [6, 6.07) is 9.04. The highest BCUT2D eigenvalue weighted by molar-refractivity contribution is 7.86. The lowest BCUT2D eigenvalue weighted by Gasteiger charge is -2.14. The van der Waals surface area contributed by atoms with E-state index in [2.05, 4.69) is 0 Å². The molecule has 2 nitrogen and oxygen atoms in total. The molecule has 1 aromatic rings. The van der Waals surface area contributed by atoms with Crippen LogP contribution in [-0.4, -0.2) is 21.0 Å². The maximum atomic E-state index is 11.9. The van der Waals surface area contributed by atoms with Crippen LogP contribution in [0.15, 0.2) is 30.3 Å². The summed E-state index contributed by atoms with van der Waals surface area (Å²) in [5.74, 6) is 0.430. The van der Waals surface area contributed by atoms with Crippen LogP contribution >= 0.6 is 0 Å². The second kappa shape index (κ2) is 5.94. The van der Waals surface area contributed by atoms with Crippen LogP contribution < -0.4 is 0 Å². The van der Waals surface area contributed by atoms with Gasteiger partial charge < -0.3 is 0 Å². The van der Waals surface area contributed by atoms with E-state index in [1.165, 1.54) is 0 Å². The van der Waals surface area contributed by atoms with Gasteiger partial charge in [-0.15, -0.1) is 0 Å². The van der Waals surface area contributed by atoms with Gasteiger partial charge in [0.1, 0.15) is 0 Å². The quantitative estimate of drug-likeness (QED) is 0.739. The van der Waals surface area contributed by atoms with E-state index in [9.17, 15) is 9.00 Å². The Morgan fingerprint density at radius 1 is 1.19 bits per heavy atom. The lowest BCUT2D eigenvalue weighted by Crippen LogP contribution is -2.23. The highest BCUT2D eigenvalue weighted by Crippen LogP contribution is 2.10. The van der Waals surface area contributed by atoms with Crippen LogP contribution in [0.3, 0.4) is 0 Å². The summed E-state index contributed by atoms with van der Waals surface area (Å²) >= 11 is 0.